The van der Waals surface area contributed by atoms with Gasteiger partial charge in [0.25, 0.3) is 5.91 Å². The molecule has 0 spiro atoms. The third-order valence-electron chi connectivity index (χ3n) is 3.90. The molecule has 0 aliphatic heterocycles. The number of carbonyl (C=O) groups excluding carboxylic acids is 2. The summed E-state index contributed by atoms with van der Waals surface area (Å²) in [5.41, 5.74) is 2.29. The van der Waals surface area contributed by atoms with E-state index in [1.54, 1.807) is 54.0 Å². The van der Waals surface area contributed by atoms with Crippen LogP contribution in [-0.4, -0.2) is 35.4 Å². The molecule has 28 heavy (non-hydrogen) atoms. The minimum atomic E-state index is -0.543. The van der Waals surface area contributed by atoms with Gasteiger partial charge in [0, 0.05) is 19.0 Å². The number of esters is 1. The molecule has 0 bridgehead atoms. The van der Waals surface area contributed by atoms with Crippen LogP contribution >= 0.6 is 22.7 Å². The quantitative estimate of drug-likeness (QED) is 0.521. The standard InChI is InChI=1S/C20H20N2O4S2/c1-14-21-17(13-28-14)10-25-18-5-3-16(4-6-18)20(24)26-11-19(23)22(2)9-15-7-8-27-12-15/h3-8,12-13H,9-11H2,1-2H3. The van der Waals surface area contributed by atoms with Crippen LogP contribution in [0, 0.1) is 6.92 Å². The molecule has 0 saturated heterocycles. The Labute approximate surface area is 171 Å². The normalized spacial score (nSPS) is 10.5. The van der Waals surface area contributed by atoms with Crippen LogP contribution in [0.25, 0.3) is 0 Å². The predicted octanol–water partition coefficient (Wildman–Crippen LogP) is 3.91. The molecule has 0 unspecified atom stereocenters. The Kier molecular flexibility index (Phi) is 6.78. The van der Waals surface area contributed by atoms with Crippen molar-refractivity contribution in [2.75, 3.05) is 13.7 Å². The molecule has 0 aliphatic carbocycles. The van der Waals surface area contributed by atoms with Crippen LogP contribution in [0.1, 0.15) is 26.6 Å². The van der Waals surface area contributed by atoms with E-state index >= 15 is 0 Å². The highest BCUT2D eigenvalue weighted by atomic mass is 32.1. The third-order valence-corrected chi connectivity index (χ3v) is 5.45. The Morgan fingerprint density at radius 1 is 1.14 bits per heavy atom. The van der Waals surface area contributed by atoms with Crippen molar-refractivity contribution in [3.05, 3.63) is 68.3 Å². The fourth-order valence-electron chi connectivity index (χ4n) is 2.38. The molecule has 0 N–H and O–H groups in total. The number of thiophene rings is 1. The number of rotatable bonds is 8. The van der Waals surface area contributed by atoms with E-state index < -0.39 is 5.97 Å². The number of likely N-dealkylation sites (N-methyl/N-ethyl adjacent to an activating group) is 1. The summed E-state index contributed by atoms with van der Waals surface area (Å²) in [4.78, 5) is 30.1. The van der Waals surface area contributed by atoms with Gasteiger partial charge in [0.15, 0.2) is 6.61 Å². The summed E-state index contributed by atoms with van der Waals surface area (Å²) in [5, 5.41) is 6.88. The first-order valence-electron chi connectivity index (χ1n) is 8.57. The molecule has 3 aromatic rings. The Morgan fingerprint density at radius 3 is 2.57 bits per heavy atom. The number of aryl methyl sites for hydroxylation is 1. The maximum absolute atomic E-state index is 12.1. The van der Waals surface area contributed by atoms with E-state index in [2.05, 4.69) is 4.98 Å². The van der Waals surface area contributed by atoms with E-state index in [1.807, 2.05) is 29.1 Å². The van der Waals surface area contributed by atoms with Gasteiger partial charge in [-0.05, 0) is 53.6 Å². The van der Waals surface area contributed by atoms with Crippen molar-refractivity contribution in [3.8, 4) is 5.75 Å². The van der Waals surface area contributed by atoms with Crippen LogP contribution < -0.4 is 4.74 Å². The van der Waals surface area contributed by atoms with E-state index in [0.29, 0.717) is 24.5 Å². The van der Waals surface area contributed by atoms with Crippen LogP contribution in [-0.2, 0) is 22.7 Å². The molecule has 146 valence electrons. The second-order valence-corrected chi connectivity index (χ2v) is 7.97. The number of hydrogen-bond donors (Lipinski definition) is 0. The van der Waals surface area contributed by atoms with Crippen LogP contribution in [0.3, 0.4) is 0 Å². The lowest BCUT2D eigenvalue weighted by Crippen LogP contribution is -2.30. The van der Waals surface area contributed by atoms with E-state index in [0.717, 1.165) is 16.3 Å². The Hall–Kier alpha value is -2.71. The molecule has 6 nitrogen and oxygen atoms in total. The Bertz CT molecular complexity index is 920. The molecular formula is C20H20N2O4S2. The molecule has 1 amide bonds. The largest absolute Gasteiger partial charge is 0.487 e. The molecule has 0 atom stereocenters. The number of benzene rings is 1. The summed E-state index contributed by atoms with van der Waals surface area (Å²) in [6, 6.07) is 8.58. The summed E-state index contributed by atoms with van der Waals surface area (Å²) in [7, 11) is 1.68. The molecule has 1 aromatic carbocycles. The van der Waals surface area contributed by atoms with Gasteiger partial charge in [-0.15, -0.1) is 11.3 Å². The summed E-state index contributed by atoms with van der Waals surface area (Å²) in [5.74, 6) is -0.161. The number of amides is 1. The molecule has 3 rings (SSSR count). The number of aromatic nitrogens is 1. The van der Waals surface area contributed by atoms with Gasteiger partial charge in [0.1, 0.15) is 12.4 Å². The minimum absolute atomic E-state index is 0.252. The average molecular weight is 417 g/mol. The van der Waals surface area contributed by atoms with Gasteiger partial charge >= 0.3 is 5.97 Å². The Morgan fingerprint density at radius 2 is 1.93 bits per heavy atom. The molecular weight excluding hydrogens is 396 g/mol. The fraction of sp³-hybridized carbons (Fsp3) is 0.250. The number of ether oxygens (including phenoxy) is 2. The van der Waals surface area contributed by atoms with Crippen molar-refractivity contribution in [1.29, 1.82) is 0 Å². The molecule has 2 aromatic heterocycles. The van der Waals surface area contributed by atoms with E-state index in [-0.39, 0.29) is 12.5 Å². The van der Waals surface area contributed by atoms with Crippen molar-refractivity contribution in [3.63, 3.8) is 0 Å². The van der Waals surface area contributed by atoms with E-state index in [9.17, 15) is 9.59 Å². The van der Waals surface area contributed by atoms with Crippen molar-refractivity contribution in [1.82, 2.24) is 9.88 Å². The molecule has 0 saturated carbocycles. The third kappa shape index (κ3) is 5.64. The molecule has 8 heteroatoms. The SMILES string of the molecule is Cc1nc(COc2ccc(C(=O)OCC(=O)N(C)Cc3ccsc3)cc2)cs1. The maximum atomic E-state index is 12.1. The summed E-state index contributed by atoms with van der Waals surface area (Å²) in [6.07, 6.45) is 0. The smallest absolute Gasteiger partial charge is 0.338 e. The number of nitrogens with zero attached hydrogens (tertiary/aromatic N) is 2. The maximum Gasteiger partial charge on any atom is 0.338 e. The summed E-state index contributed by atoms with van der Waals surface area (Å²) >= 11 is 3.15. The Balaban J connectivity index is 1.45. The van der Waals surface area contributed by atoms with Gasteiger partial charge in [-0.1, -0.05) is 0 Å². The highest BCUT2D eigenvalue weighted by Crippen LogP contribution is 2.16. The van der Waals surface area contributed by atoms with Crippen LogP contribution in [0.4, 0.5) is 0 Å². The lowest BCUT2D eigenvalue weighted by molar-refractivity contribution is -0.133. The lowest BCUT2D eigenvalue weighted by atomic mass is 10.2. The van der Waals surface area contributed by atoms with Crippen molar-refractivity contribution in [2.24, 2.45) is 0 Å². The summed E-state index contributed by atoms with van der Waals surface area (Å²) < 4.78 is 10.8. The van der Waals surface area contributed by atoms with Gasteiger partial charge in [-0.3, -0.25) is 4.79 Å². The van der Waals surface area contributed by atoms with Gasteiger partial charge in [-0.25, -0.2) is 9.78 Å². The first-order valence-corrected chi connectivity index (χ1v) is 10.4. The van der Waals surface area contributed by atoms with Gasteiger partial charge < -0.3 is 14.4 Å². The van der Waals surface area contributed by atoms with Gasteiger partial charge in [0.05, 0.1) is 16.3 Å². The number of thiazole rings is 1. The zero-order chi connectivity index (χ0) is 19.9. The average Bonchev–Trinajstić information content (AvgIpc) is 3.36. The van der Waals surface area contributed by atoms with Crippen molar-refractivity contribution < 1.29 is 19.1 Å². The summed E-state index contributed by atoms with van der Waals surface area (Å²) in [6.45, 7) is 2.52. The first kappa shape index (κ1) is 20.0. The topological polar surface area (TPSA) is 68.7 Å². The highest BCUT2D eigenvalue weighted by molar-refractivity contribution is 7.09. The first-order chi connectivity index (χ1) is 13.5. The van der Waals surface area contributed by atoms with Crippen LogP contribution in [0.2, 0.25) is 0 Å². The molecule has 0 fully saturated rings. The molecule has 2 heterocycles. The lowest BCUT2D eigenvalue weighted by Gasteiger charge is -2.16. The van der Waals surface area contributed by atoms with Crippen LogP contribution in [0.5, 0.6) is 5.75 Å². The highest BCUT2D eigenvalue weighted by Gasteiger charge is 2.14. The van der Waals surface area contributed by atoms with Gasteiger partial charge in [0.2, 0.25) is 0 Å². The monoisotopic (exact) mass is 416 g/mol. The second-order valence-electron chi connectivity index (χ2n) is 6.13. The minimum Gasteiger partial charge on any atom is -0.487 e. The van der Waals surface area contributed by atoms with E-state index in [1.165, 1.54) is 4.90 Å². The van der Waals surface area contributed by atoms with Gasteiger partial charge in [-0.2, -0.15) is 11.3 Å². The molecule has 0 aliphatic rings. The zero-order valence-electron chi connectivity index (χ0n) is 15.6. The predicted molar refractivity (Wildman–Crippen MR) is 109 cm³/mol. The van der Waals surface area contributed by atoms with Crippen LogP contribution in [0.15, 0.2) is 46.5 Å². The van der Waals surface area contributed by atoms with Crippen molar-refractivity contribution >= 4 is 34.6 Å². The number of carbonyl (C=O) groups is 2. The second kappa shape index (κ2) is 9.48. The fourth-order valence-corrected chi connectivity index (χ4v) is 3.64. The molecule has 0 radical (unpaired) electrons. The van der Waals surface area contributed by atoms with E-state index in [4.69, 9.17) is 9.47 Å². The zero-order valence-corrected chi connectivity index (χ0v) is 17.2. The van der Waals surface area contributed by atoms with Crippen molar-refractivity contribution in [2.45, 2.75) is 20.1 Å². The number of hydrogen-bond acceptors (Lipinski definition) is 7.